The normalized spacial score (nSPS) is 18.8. The number of carbonyl (C=O) groups is 2. The van der Waals surface area contributed by atoms with Gasteiger partial charge in [-0.15, -0.1) is 0 Å². The standard InChI is InChI=1S/C26H23F2N5O3/c1-14-6-7-15(20-11-26(2,36-33-20)25(35)31-16-8-9-16)10-17(14)21-12-30-22(13-29-21)32-24(34)23-18(27)4-3-5-19(23)28/h3-7,10,12-13,16H,8-9,11H2,1-2H3,(H,31,35)(H,30,32,34). The molecular weight excluding hydrogens is 468 g/mol. The average molecular weight is 491 g/mol. The van der Waals surface area contributed by atoms with Gasteiger partial charge in [0.05, 0.1) is 23.8 Å². The van der Waals surface area contributed by atoms with Crippen LogP contribution in [-0.4, -0.2) is 39.1 Å². The van der Waals surface area contributed by atoms with Crippen molar-refractivity contribution in [3.8, 4) is 11.3 Å². The monoisotopic (exact) mass is 491 g/mol. The molecule has 184 valence electrons. The van der Waals surface area contributed by atoms with Gasteiger partial charge in [0, 0.05) is 23.6 Å². The second kappa shape index (κ2) is 9.10. The number of oxime groups is 1. The molecule has 36 heavy (non-hydrogen) atoms. The Morgan fingerprint density at radius 3 is 2.50 bits per heavy atom. The molecule has 2 amide bonds. The largest absolute Gasteiger partial charge is 0.379 e. The van der Waals surface area contributed by atoms with E-state index in [1.54, 1.807) is 6.92 Å². The first-order chi connectivity index (χ1) is 17.2. The number of amides is 2. The predicted octanol–water partition coefficient (Wildman–Crippen LogP) is 4.14. The lowest BCUT2D eigenvalue weighted by Gasteiger charge is -2.20. The van der Waals surface area contributed by atoms with Gasteiger partial charge in [0.15, 0.2) is 5.82 Å². The summed E-state index contributed by atoms with van der Waals surface area (Å²) in [5, 5.41) is 9.50. The molecule has 1 aliphatic heterocycles. The van der Waals surface area contributed by atoms with Gasteiger partial charge in [-0.2, -0.15) is 0 Å². The number of hydrogen-bond acceptors (Lipinski definition) is 6. The quantitative estimate of drug-likeness (QED) is 0.539. The number of carbonyl (C=O) groups excluding carboxylic acids is 2. The molecular formula is C26H23F2N5O3. The fourth-order valence-electron chi connectivity index (χ4n) is 3.88. The highest BCUT2D eigenvalue weighted by Crippen LogP contribution is 2.31. The molecule has 10 heteroatoms. The van der Waals surface area contributed by atoms with Crippen molar-refractivity contribution in [3.63, 3.8) is 0 Å². The predicted molar refractivity (Wildman–Crippen MR) is 128 cm³/mol. The lowest BCUT2D eigenvalue weighted by molar-refractivity contribution is -0.141. The van der Waals surface area contributed by atoms with Gasteiger partial charge in [-0.25, -0.2) is 13.8 Å². The number of rotatable bonds is 6. The molecule has 2 N–H and O–H groups in total. The van der Waals surface area contributed by atoms with Crippen LogP contribution < -0.4 is 10.6 Å². The number of anilines is 1. The number of aryl methyl sites for hydroxylation is 1. The maximum absolute atomic E-state index is 13.9. The van der Waals surface area contributed by atoms with Gasteiger partial charge < -0.3 is 15.5 Å². The fraction of sp³-hybridized carbons (Fsp3) is 0.269. The summed E-state index contributed by atoms with van der Waals surface area (Å²) in [7, 11) is 0. The first-order valence-electron chi connectivity index (χ1n) is 11.5. The Morgan fingerprint density at radius 1 is 1.08 bits per heavy atom. The maximum Gasteiger partial charge on any atom is 0.267 e. The van der Waals surface area contributed by atoms with Gasteiger partial charge in [-0.3, -0.25) is 14.6 Å². The van der Waals surface area contributed by atoms with Crippen LogP contribution in [0.5, 0.6) is 0 Å². The van der Waals surface area contributed by atoms with E-state index in [0.717, 1.165) is 41.7 Å². The molecule has 5 rings (SSSR count). The van der Waals surface area contributed by atoms with Crippen LogP contribution in [-0.2, 0) is 9.63 Å². The maximum atomic E-state index is 13.9. The van der Waals surface area contributed by atoms with Gasteiger partial charge in [0.1, 0.15) is 17.2 Å². The van der Waals surface area contributed by atoms with Crippen molar-refractivity contribution in [2.45, 2.75) is 44.8 Å². The van der Waals surface area contributed by atoms with Crippen LogP contribution in [0.3, 0.4) is 0 Å². The fourth-order valence-corrected chi connectivity index (χ4v) is 3.88. The highest BCUT2D eigenvalue weighted by Gasteiger charge is 2.44. The van der Waals surface area contributed by atoms with Crippen LogP contribution in [0.4, 0.5) is 14.6 Å². The van der Waals surface area contributed by atoms with Crippen molar-refractivity contribution >= 4 is 23.3 Å². The summed E-state index contributed by atoms with van der Waals surface area (Å²) in [5.74, 6) is -3.02. The third-order valence-corrected chi connectivity index (χ3v) is 6.18. The van der Waals surface area contributed by atoms with Crippen molar-refractivity contribution in [1.29, 1.82) is 0 Å². The molecule has 3 aromatic rings. The van der Waals surface area contributed by atoms with Crippen molar-refractivity contribution in [2.75, 3.05) is 5.32 Å². The number of hydrogen-bond donors (Lipinski definition) is 2. The Bertz CT molecular complexity index is 1370. The highest BCUT2D eigenvalue weighted by atomic mass is 19.1. The lowest BCUT2D eigenvalue weighted by atomic mass is 9.93. The second-order valence-electron chi connectivity index (χ2n) is 9.15. The van der Waals surface area contributed by atoms with Crippen molar-refractivity contribution in [2.24, 2.45) is 5.16 Å². The Hall–Kier alpha value is -4.21. The van der Waals surface area contributed by atoms with Gasteiger partial charge >= 0.3 is 0 Å². The minimum Gasteiger partial charge on any atom is -0.379 e. The molecule has 2 aliphatic rings. The summed E-state index contributed by atoms with van der Waals surface area (Å²) in [4.78, 5) is 39.0. The van der Waals surface area contributed by atoms with E-state index in [2.05, 4.69) is 25.8 Å². The summed E-state index contributed by atoms with van der Waals surface area (Å²) in [6, 6.07) is 9.11. The topological polar surface area (TPSA) is 106 Å². The zero-order chi connectivity index (χ0) is 25.4. The van der Waals surface area contributed by atoms with Crippen LogP contribution in [0.15, 0.2) is 53.9 Å². The lowest BCUT2D eigenvalue weighted by Crippen LogP contribution is -2.45. The van der Waals surface area contributed by atoms with E-state index in [1.165, 1.54) is 18.5 Å². The first-order valence-corrected chi connectivity index (χ1v) is 11.5. The molecule has 0 radical (unpaired) electrons. The van der Waals surface area contributed by atoms with E-state index in [1.807, 2.05) is 25.1 Å². The summed E-state index contributed by atoms with van der Waals surface area (Å²) >= 11 is 0. The minimum atomic E-state index is -1.06. The van der Waals surface area contributed by atoms with Crippen LogP contribution >= 0.6 is 0 Å². The Morgan fingerprint density at radius 2 is 1.83 bits per heavy atom. The highest BCUT2D eigenvalue weighted by molar-refractivity contribution is 6.06. The van der Waals surface area contributed by atoms with Gasteiger partial charge in [0.2, 0.25) is 5.60 Å². The average Bonchev–Trinajstić information content (AvgIpc) is 3.57. The summed E-state index contributed by atoms with van der Waals surface area (Å²) < 4.78 is 27.7. The Kier molecular flexibility index (Phi) is 5.95. The molecule has 0 saturated heterocycles. The summed E-state index contributed by atoms with van der Waals surface area (Å²) in [6.45, 7) is 3.64. The second-order valence-corrected chi connectivity index (χ2v) is 9.15. The third-order valence-electron chi connectivity index (χ3n) is 6.18. The number of benzene rings is 2. The molecule has 1 atom stereocenters. The Labute approximate surface area is 205 Å². The first kappa shape index (κ1) is 23.5. The zero-order valence-electron chi connectivity index (χ0n) is 19.6. The SMILES string of the molecule is Cc1ccc(C2=NOC(C)(C(=O)NC3CC3)C2)cc1-c1cnc(NC(=O)c2c(F)cccc2F)cn1. The molecule has 1 aliphatic carbocycles. The van der Waals surface area contributed by atoms with Gasteiger partial charge in [-0.1, -0.05) is 23.4 Å². The molecule has 2 aromatic carbocycles. The summed E-state index contributed by atoms with van der Waals surface area (Å²) in [6.07, 6.45) is 5.07. The van der Waals surface area contributed by atoms with Gasteiger partial charge in [0.25, 0.3) is 11.8 Å². The number of nitrogens with one attached hydrogen (secondary N) is 2. The van der Waals surface area contributed by atoms with Gasteiger partial charge in [-0.05, 0) is 50.5 Å². The van der Waals surface area contributed by atoms with Crippen LogP contribution in [0.1, 0.15) is 47.7 Å². The number of halogens is 2. The molecule has 0 bridgehead atoms. The molecule has 1 aromatic heterocycles. The van der Waals surface area contributed by atoms with E-state index >= 15 is 0 Å². The van der Waals surface area contributed by atoms with Crippen molar-refractivity contribution in [1.82, 2.24) is 15.3 Å². The van der Waals surface area contributed by atoms with Crippen molar-refractivity contribution in [3.05, 3.63) is 77.1 Å². The van der Waals surface area contributed by atoms with Crippen molar-refractivity contribution < 1.29 is 23.2 Å². The third kappa shape index (κ3) is 4.66. The molecule has 0 spiro atoms. The van der Waals surface area contributed by atoms with E-state index in [-0.39, 0.29) is 17.8 Å². The molecule has 1 saturated carbocycles. The van der Waals surface area contributed by atoms with Crippen LogP contribution in [0.25, 0.3) is 11.3 Å². The molecule has 1 unspecified atom stereocenters. The van der Waals surface area contributed by atoms with E-state index in [4.69, 9.17) is 4.84 Å². The number of nitrogens with zero attached hydrogens (tertiary/aromatic N) is 3. The van der Waals surface area contributed by atoms with E-state index < -0.39 is 28.7 Å². The van der Waals surface area contributed by atoms with Crippen LogP contribution in [0, 0.1) is 18.6 Å². The zero-order valence-corrected chi connectivity index (χ0v) is 19.6. The van der Waals surface area contributed by atoms with E-state index in [0.29, 0.717) is 17.8 Å². The smallest absolute Gasteiger partial charge is 0.267 e. The molecule has 8 nitrogen and oxygen atoms in total. The molecule has 1 fully saturated rings. The van der Waals surface area contributed by atoms with E-state index in [9.17, 15) is 18.4 Å². The minimum absolute atomic E-state index is 0.0474. The summed E-state index contributed by atoms with van der Waals surface area (Å²) in [5.41, 5.74) is 1.91. The number of aromatic nitrogens is 2. The van der Waals surface area contributed by atoms with Crippen LogP contribution in [0.2, 0.25) is 0 Å². The molecule has 2 heterocycles. The Balaban J connectivity index is 1.32.